The van der Waals surface area contributed by atoms with E-state index in [0.717, 1.165) is 16.3 Å². The molecule has 0 saturated carbocycles. The molecular weight excluding hydrogens is 244 g/mol. The van der Waals surface area contributed by atoms with Gasteiger partial charge in [0.05, 0.1) is 0 Å². The van der Waals surface area contributed by atoms with Gasteiger partial charge in [0.2, 0.25) is 0 Å². The fourth-order valence-corrected chi connectivity index (χ4v) is 2.26. The standard InChI is InChI=1S/C14H18N2OS/c1-10-8-12(11(2)15-3)4-5-13(10)17-9-14-16-6-7-18-14/h4-8,11,15H,9H2,1-3H3. The molecule has 0 aliphatic carbocycles. The number of hydrogen-bond donors (Lipinski definition) is 1. The molecule has 0 bridgehead atoms. The maximum absolute atomic E-state index is 5.78. The second-order valence-electron chi connectivity index (χ2n) is 4.25. The second kappa shape index (κ2) is 5.98. The number of benzene rings is 1. The Balaban J connectivity index is 2.05. The Morgan fingerprint density at radius 1 is 1.44 bits per heavy atom. The van der Waals surface area contributed by atoms with Gasteiger partial charge in [-0.3, -0.25) is 0 Å². The predicted octanol–water partition coefficient (Wildman–Crippen LogP) is 3.31. The summed E-state index contributed by atoms with van der Waals surface area (Å²) in [7, 11) is 1.97. The highest BCUT2D eigenvalue weighted by Crippen LogP contribution is 2.23. The van der Waals surface area contributed by atoms with Crippen molar-refractivity contribution in [1.82, 2.24) is 10.3 Å². The zero-order valence-electron chi connectivity index (χ0n) is 10.9. The number of nitrogens with one attached hydrogen (secondary N) is 1. The summed E-state index contributed by atoms with van der Waals surface area (Å²) < 4.78 is 5.78. The van der Waals surface area contributed by atoms with Crippen LogP contribution >= 0.6 is 11.3 Å². The predicted molar refractivity (Wildman–Crippen MR) is 75.1 cm³/mol. The van der Waals surface area contributed by atoms with Gasteiger partial charge in [-0.15, -0.1) is 11.3 Å². The molecule has 1 heterocycles. The molecule has 96 valence electrons. The van der Waals surface area contributed by atoms with Crippen LogP contribution in [0.25, 0.3) is 0 Å². The summed E-state index contributed by atoms with van der Waals surface area (Å²) in [6, 6.07) is 6.66. The van der Waals surface area contributed by atoms with Gasteiger partial charge in [-0.05, 0) is 38.1 Å². The Bertz CT molecular complexity index is 497. The first-order valence-corrected chi connectivity index (χ1v) is 6.87. The number of ether oxygens (including phenoxy) is 1. The number of aryl methyl sites for hydroxylation is 1. The van der Waals surface area contributed by atoms with Gasteiger partial charge in [0, 0.05) is 17.6 Å². The molecular formula is C14H18N2OS. The minimum Gasteiger partial charge on any atom is -0.486 e. The smallest absolute Gasteiger partial charge is 0.140 e. The van der Waals surface area contributed by atoms with Crippen LogP contribution in [-0.2, 0) is 6.61 Å². The van der Waals surface area contributed by atoms with Crippen LogP contribution in [0, 0.1) is 6.92 Å². The quantitative estimate of drug-likeness (QED) is 0.897. The van der Waals surface area contributed by atoms with Crippen molar-refractivity contribution in [3.05, 3.63) is 45.9 Å². The van der Waals surface area contributed by atoms with Gasteiger partial charge in [0.1, 0.15) is 17.4 Å². The molecule has 0 fully saturated rings. The van der Waals surface area contributed by atoms with Gasteiger partial charge >= 0.3 is 0 Å². The highest BCUT2D eigenvalue weighted by Gasteiger charge is 2.06. The molecule has 3 nitrogen and oxygen atoms in total. The van der Waals surface area contributed by atoms with E-state index < -0.39 is 0 Å². The van der Waals surface area contributed by atoms with Crippen LogP contribution in [0.3, 0.4) is 0 Å². The number of aromatic nitrogens is 1. The molecule has 0 aliphatic rings. The van der Waals surface area contributed by atoms with Crippen molar-refractivity contribution in [1.29, 1.82) is 0 Å². The third kappa shape index (κ3) is 3.09. The summed E-state index contributed by atoms with van der Waals surface area (Å²) in [5, 5.41) is 6.20. The Morgan fingerprint density at radius 2 is 2.28 bits per heavy atom. The molecule has 18 heavy (non-hydrogen) atoms. The van der Waals surface area contributed by atoms with E-state index in [2.05, 4.69) is 36.3 Å². The molecule has 1 unspecified atom stereocenters. The van der Waals surface area contributed by atoms with E-state index in [1.54, 1.807) is 17.5 Å². The first-order chi connectivity index (χ1) is 8.70. The van der Waals surface area contributed by atoms with E-state index in [0.29, 0.717) is 12.6 Å². The Hall–Kier alpha value is -1.39. The molecule has 0 amide bonds. The van der Waals surface area contributed by atoms with Crippen LogP contribution in [0.1, 0.15) is 29.1 Å². The highest BCUT2D eigenvalue weighted by molar-refractivity contribution is 7.09. The van der Waals surface area contributed by atoms with E-state index in [4.69, 9.17) is 4.74 Å². The maximum atomic E-state index is 5.78. The molecule has 1 aromatic heterocycles. The van der Waals surface area contributed by atoms with Crippen molar-refractivity contribution in [3.63, 3.8) is 0 Å². The summed E-state index contributed by atoms with van der Waals surface area (Å²) >= 11 is 1.61. The largest absolute Gasteiger partial charge is 0.486 e. The molecule has 2 aromatic rings. The van der Waals surface area contributed by atoms with Crippen molar-refractivity contribution in [2.45, 2.75) is 26.5 Å². The average molecular weight is 262 g/mol. The van der Waals surface area contributed by atoms with Gasteiger partial charge in [0.15, 0.2) is 0 Å². The van der Waals surface area contributed by atoms with Crippen LogP contribution in [0.4, 0.5) is 0 Å². The van der Waals surface area contributed by atoms with Crippen molar-refractivity contribution in [2.24, 2.45) is 0 Å². The molecule has 0 aliphatic heterocycles. The summed E-state index contributed by atoms with van der Waals surface area (Å²) in [5.74, 6) is 0.928. The Labute approximate surface area is 112 Å². The van der Waals surface area contributed by atoms with E-state index in [-0.39, 0.29) is 0 Å². The average Bonchev–Trinajstić information content (AvgIpc) is 2.89. The van der Waals surface area contributed by atoms with Crippen molar-refractivity contribution in [2.75, 3.05) is 7.05 Å². The monoisotopic (exact) mass is 262 g/mol. The van der Waals surface area contributed by atoms with Gasteiger partial charge in [0.25, 0.3) is 0 Å². The van der Waals surface area contributed by atoms with E-state index in [9.17, 15) is 0 Å². The third-order valence-corrected chi connectivity index (χ3v) is 3.72. The van der Waals surface area contributed by atoms with E-state index in [1.807, 2.05) is 18.5 Å². The van der Waals surface area contributed by atoms with Crippen molar-refractivity contribution in [3.8, 4) is 5.75 Å². The van der Waals surface area contributed by atoms with Crippen LogP contribution in [0.2, 0.25) is 0 Å². The van der Waals surface area contributed by atoms with Gasteiger partial charge in [-0.2, -0.15) is 0 Å². The molecule has 1 aromatic carbocycles. The lowest BCUT2D eigenvalue weighted by Crippen LogP contribution is -2.12. The lowest BCUT2D eigenvalue weighted by Gasteiger charge is -2.14. The van der Waals surface area contributed by atoms with Crippen molar-refractivity contribution >= 4 is 11.3 Å². The number of thiazole rings is 1. The summed E-state index contributed by atoms with van der Waals surface area (Å²) in [6.07, 6.45) is 1.80. The molecule has 1 N–H and O–H groups in total. The lowest BCUT2D eigenvalue weighted by molar-refractivity contribution is 0.303. The summed E-state index contributed by atoms with van der Waals surface area (Å²) in [6.45, 7) is 4.76. The Morgan fingerprint density at radius 3 is 2.89 bits per heavy atom. The van der Waals surface area contributed by atoms with Gasteiger partial charge in [-0.1, -0.05) is 12.1 Å². The van der Waals surface area contributed by atoms with E-state index in [1.165, 1.54) is 5.56 Å². The minimum atomic E-state index is 0.358. The van der Waals surface area contributed by atoms with Crippen LogP contribution in [0.5, 0.6) is 5.75 Å². The third-order valence-electron chi connectivity index (χ3n) is 2.97. The zero-order chi connectivity index (χ0) is 13.0. The first-order valence-electron chi connectivity index (χ1n) is 5.99. The molecule has 0 spiro atoms. The normalized spacial score (nSPS) is 12.4. The molecule has 0 saturated heterocycles. The molecule has 2 rings (SSSR count). The van der Waals surface area contributed by atoms with Gasteiger partial charge < -0.3 is 10.1 Å². The van der Waals surface area contributed by atoms with Crippen LogP contribution in [-0.4, -0.2) is 12.0 Å². The highest BCUT2D eigenvalue weighted by atomic mass is 32.1. The Kier molecular flexibility index (Phi) is 4.33. The number of rotatable bonds is 5. The SMILES string of the molecule is CNC(C)c1ccc(OCc2nccs2)c(C)c1. The summed E-state index contributed by atoms with van der Waals surface area (Å²) in [5.41, 5.74) is 2.43. The molecule has 1 atom stereocenters. The van der Waals surface area contributed by atoms with E-state index >= 15 is 0 Å². The fraction of sp³-hybridized carbons (Fsp3) is 0.357. The number of nitrogens with zero attached hydrogens (tertiary/aromatic N) is 1. The fourth-order valence-electron chi connectivity index (χ4n) is 1.73. The van der Waals surface area contributed by atoms with Gasteiger partial charge in [-0.25, -0.2) is 4.98 Å². The zero-order valence-corrected chi connectivity index (χ0v) is 11.8. The van der Waals surface area contributed by atoms with Crippen molar-refractivity contribution < 1.29 is 4.74 Å². The minimum absolute atomic E-state index is 0.358. The number of hydrogen-bond acceptors (Lipinski definition) is 4. The topological polar surface area (TPSA) is 34.1 Å². The lowest BCUT2D eigenvalue weighted by atomic mass is 10.1. The second-order valence-corrected chi connectivity index (χ2v) is 5.23. The van der Waals surface area contributed by atoms with Crippen LogP contribution in [0.15, 0.2) is 29.8 Å². The maximum Gasteiger partial charge on any atom is 0.140 e. The molecule has 4 heteroatoms. The van der Waals surface area contributed by atoms with Crippen LogP contribution < -0.4 is 10.1 Å². The molecule has 0 radical (unpaired) electrons. The first kappa shape index (κ1) is 13.1. The summed E-state index contributed by atoms with van der Waals surface area (Å²) in [4.78, 5) is 4.20.